The molecule has 0 aliphatic carbocycles. The molecular weight excluding hydrogens is 231 g/mol. The van der Waals surface area contributed by atoms with Gasteiger partial charge in [0, 0.05) is 12.0 Å². The Morgan fingerprint density at radius 3 is 2.78 bits per heavy atom. The summed E-state index contributed by atoms with van der Waals surface area (Å²) in [5.74, 6) is -0.345. The molecule has 0 bridgehead atoms. The second-order valence-corrected chi connectivity index (χ2v) is 4.16. The van der Waals surface area contributed by atoms with E-state index in [1.807, 2.05) is 6.08 Å². The second-order valence-electron chi connectivity index (χ2n) is 4.16. The van der Waals surface area contributed by atoms with Crippen LogP contribution in [0.25, 0.3) is 0 Å². The molecule has 0 saturated carbocycles. The first-order chi connectivity index (χ1) is 8.69. The highest BCUT2D eigenvalue weighted by Gasteiger charge is 2.09. The Morgan fingerprint density at radius 2 is 2.17 bits per heavy atom. The zero-order valence-corrected chi connectivity index (χ0v) is 10.7. The maximum Gasteiger partial charge on any atom is 0.165 e. The van der Waals surface area contributed by atoms with Crippen LogP contribution in [0.4, 0.5) is 4.39 Å². The SMILES string of the molecule is C=CCCCCCC(=O)c1ccc(OC)c(F)c1. The van der Waals surface area contributed by atoms with Crippen molar-refractivity contribution in [1.82, 2.24) is 0 Å². The Labute approximate surface area is 107 Å². The molecule has 98 valence electrons. The molecule has 0 radical (unpaired) electrons. The van der Waals surface area contributed by atoms with Crippen LogP contribution in [-0.4, -0.2) is 12.9 Å². The lowest BCUT2D eigenvalue weighted by Gasteiger charge is -2.04. The van der Waals surface area contributed by atoms with Crippen LogP contribution in [-0.2, 0) is 0 Å². The van der Waals surface area contributed by atoms with Crippen molar-refractivity contribution in [3.05, 3.63) is 42.2 Å². The average Bonchev–Trinajstić information content (AvgIpc) is 2.38. The van der Waals surface area contributed by atoms with E-state index in [4.69, 9.17) is 4.74 Å². The highest BCUT2D eigenvalue weighted by atomic mass is 19.1. The van der Waals surface area contributed by atoms with Crippen molar-refractivity contribution in [3.8, 4) is 5.75 Å². The van der Waals surface area contributed by atoms with E-state index >= 15 is 0 Å². The Morgan fingerprint density at radius 1 is 1.39 bits per heavy atom. The molecule has 0 spiro atoms. The van der Waals surface area contributed by atoms with E-state index in [0.29, 0.717) is 12.0 Å². The van der Waals surface area contributed by atoms with Gasteiger partial charge in [-0.15, -0.1) is 6.58 Å². The summed E-state index contributed by atoms with van der Waals surface area (Å²) in [7, 11) is 1.40. The number of halogens is 1. The lowest BCUT2D eigenvalue weighted by molar-refractivity contribution is 0.0978. The highest BCUT2D eigenvalue weighted by molar-refractivity contribution is 5.96. The van der Waals surface area contributed by atoms with Gasteiger partial charge in [-0.25, -0.2) is 4.39 Å². The zero-order chi connectivity index (χ0) is 13.4. The first kappa shape index (κ1) is 14.4. The normalized spacial score (nSPS) is 10.1. The van der Waals surface area contributed by atoms with Gasteiger partial charge in [0.2, 0.25) is 0 Å². The van der Waals surface area contributed by atoms with Crippen molar-refractivity contribution in [1.29, 1.82) is 0 Å². The van der Waals surface area contributed by atoms with Gasteiger partial charge < -0.3 is 4.74 Å². The van der Waals surface area contributed by atoms with Crippen molar-refractivity contribution < 1.29 is 13.9 Å². The van der Waals surface area contributed by atoms with Gasteiger partial charge >= 0.3 is 0 Å². The van der Waals surface area contributed by atoms with Crippen LogP contribution in [0.15, 0.2) is 30.9 Å². The minimum absolute atomic E-state index is 0.0184. The number of carbonyl (C=O) groups excluding carboxylic acids is 1. The topological polar surface area (TPSA) is 26.3 Å². The first-order valence-electron chi connectivity index (χ1n) is 6.16. The van der Waals surface area contributed by atoms with E-state index in [9.17, 15) is 9.18 Å². The molecule has 0 aliphatic heterocycles. The summed E-state index contributed by atoms with van der Waals surface area (Å²) < 4.78 is 18.2. The summed E-state index contributed by atoms with van der Waals surface area (Å²) in [4.78, 5) is 11.8. The third kappa shape index (κ3) is 4.32. The van der Waals surface area contributed by atoms with Crippen molar-refractivity contribution >= 4 is 5.78 Å². The maximum atomic E-state index is 13.4. The van der Waals surface area contributed by atoms with Gasteiger partial charge in [0.05, 0.1) is 7.11 Å². The summed E-state index contributed by atoms with van der Waals surface area (Å²) in [5.41, 5.74) is 0.414. The molecule has 0 unspecified atom stereocenters. The van der Waals surface area contributed by atoms with Gasteiger partial charge in [0.15, 0.2) is 17.3 Å². The van der Waals surface area contributed by atoms with Crippen LogP contribution in [0.3, 0.4) is 0 Å². The predicted molar refractivity (Wildman–Crippen MR) is 70.6 cm³/mol. The molecular formula is C15H19FO2. The van der Waals surface area contributed by atoms with Crippen molar-refractivity contribution in [2.75, 3.05) is 7.11 Å². The summed E-state index contributed by atoms with van der Waals surface area (Å²) in [6.45, 7) is 3.65. The molecule has 0 aliphatic rings. The lowest BCUT2D eigenvalue weighted by atomic mass is 10.0. The Balaban J connectivity index is 2.46. The van der Waals surface area contributed by atoms with Gasteiger partial charge in [-0.3, -0.25) is 4.79 Å². The summed E-state index contributed by atoms with van der Waals surface area (Å²) in [6.07, 6.45) is 6.19. The van der Waals surface area contributed by atoms with E-state index < -0.39 is 5.82 Å². The summed E-state index contributed by atoms with van der Waals surface area (Å²) in [5, 5.41) is 0. The fraction of sp³-hybridized carbons (Fsp3) is 0.400. The number of ketones is 1. The van der Waals surface area contributed by atoms with E-state index in [1.54, 1.807) is 6.07 Å². The molecule has 0 aromatic heterocycles. The molecule has 2 nitrogen and oxygen atoms in total. The number of ether oxygens (including phenoxy) is 1. The molecule has 1 aromatic rings. The lowest BCUT2D eigenvalue weighted by Crippen LogP contribution is -2.00. The number of carbonyl (C=O) groups is 1. The quantitative estimate of drug-likeness (QED) is 0.393. The van der Waals surface area contributed by atoms with Gasteiger partial charge in [-0.05, 0) is 37.5 Å². The fourth-order valence-corrected chi connectivity index (χ4v) is 1.74. The monoisotopic (exact) mass is 250 g/mol. The zero-order valence-electron chi connectivity index (χ0n) is 10.7. The molecule has 1 aromatic carbocycles. The number of hydrogen-bond acceptors (Lipinski definition) is 2. The number of benzene rings is 1. The molecule has 18 heavy (non-hydrogen) atoms. The molecule has 0 fully saturated rings. The molecule has 0 atom stereocenters. The Kier molecular flexibility index (Phi) is 6.12. The van der Waals surface area contributed by atoms with Crippen molar-refractivity contribution in [2.24, 2.45) is 0 Å². The third-order valence-corrected chi connectivity index (χ3v) is 2.79. The van der Waals surface area contributed by atoms with Gasteiger partial charge in [0.1, 0.15) is 0 Å². The minimum atomic E-state index is -0.491. The van der Waals surface area contributed by atoms with Gasteiger partial charge in [-0.1, -0.05) is 12.5 Å². The van der Waals surface area contributed by atoms with E-state index in [-0.39, 0.29) is 11.5 Å². The molecule has 0 heterocycles. The van der Waals surface area contributed by atoms with Crippen LogP contribution >= 0.6 is 0 Å². The number of Topliss-reactive ketones (excluding diaryl/α,β-unsaturated/α-hetero) is 1. The van der Waals surface area contributed by atoms with Crippen molar-refractivity contribution in [3.63, 3.8) is 0 Å². The van der Waals surface area contributed by atoms with Crippen LogP contribution in [0.2, 0.25) is 0 Å². The summed E-state index contributed by atoms with van der Waals surface area (Å²) >= 11 is 0. The predicted octanol–water partition coefficient (Wildman–Crippen LogP) is 4.15. The first-order valence-corrected chi connectivity index (χ1v) is 6.16. The van der Waals surface area contributed by atoms with Crippen LogP contribution in [0.1, 0.15) is 42.5 Å². The molecule has 0 N–H and O–H groups in total. The number of unbranched alkanes of at least 4 members (excludes halogenated alkanes) is 3. The van der Waals surface area contributed by atoms with Gasteiger partial charge in [-0.2, -0.15) is 0 Å². The maximum absolute atomic E-state index is 13.4. The summed E-state index contributed by atoms with van der Waals surface area (Å²) in [6, 6.07) is 4.33. The molecule has 0 saturated heterocycles. The fourth-order valence-electron chi connectivity index (χ4n) is 1.74. The minimum Gasteiger partial charge on any atom is -0.494 e. The van der Waals surface area contributed by atoms with Crippen LogP contribution in [0.5, 0.6) is 5.75 Å². The number of methoxy groups -OCH3 is 1. The largest absolute Gasteiger partial charge is 0.494 e. The molecule has 0 amide bonds. The van der Waals surface area contributed by atoms with Crippen LogP contribution in [0, 0.1) is 5.82 Å². The molecule has 1 rings (SSSR count). The third-order valence-electron chi connectivity index (χ3n) is 2.79. The second kappa shape index (κ2) is 7.64. The smallest absolute Gasteiger partial charge is 0.165 e. The molecule has 3 heteroatoms. The van der Waals surface area contributed by atoms with Crippen LogP contribution < -0.4 is 4.74 Å². The Bertz CT molecular complexity index is 413. The number of rotatable bonds is 8. The van der Waals surface area contributed by atoms with E-state index in [2.05, 4.69) is 6.58 Å². The number of hydrogen-bond donors (Lipinski definition) is 0. The Hall–Kier alpha value is -1.64. The van der Waals surface area contributed by atoms with Gasteiger partial charge in [0.25, 0.3) is 0 Å². The standard InChI is InChI=1S/C15H19FO2/c1-3-4-5-6-7-8-14(17)12-9-10-15(18-2)13(16)11-12/h3,9-11H,1,4-8H2,2H3. The highest BCUT2D eigenvalue weighted by Crippen LogP contribution is 2.19. The van der Waals surface area contributed by atoms with E-state index in [1.165, 1.54) is 19.2 Å². The van der Waals surface area contributed by atoms with Crippen molar-refractivity contribution in [2.45, 2.75) is 32.1 Å². The average molecular weight is 250 g/mol. The van der Waals surface area contributed by atoms with E-state index in [0.717, 1.165) is 25.7 Å². The number of allylic oxidation sites excluding steroid dienone is 1.